The molecule has 1 aliphatic rings. The lowest BCUT2D eigenvalue weighted by molar-refractivity contribution is 0.0950. The van der Waals surface area contributed by atoms with Crippen LogP contribution in [0.1, 0.15) is 40.7 Å². The number of piperidine rings is 1. The molecular weight excluding hydrogens is 276 g/mol. The number of benzene rings is 1. The van der Waals surface area contributed by atoms with E-state index in [-0.39, 0.29) is 5.91 Å². The maximum atomic E-state index is 11.8. The number of nitrogens with one attached hydrogen (secondary N) is 1. The van der Waals surface area contributed by atoms with Crippen molar-refractivity contribution in [2.75, 3.05) is 13.1 Å². The minimum atomic E-state index is -0.105. The van der Waals surface area contributed by atoms with Gasteiger partial charge in [0.15, 0.2) is 0 Å². The van der Waals surface area contributed by atoms with Gasteiger partial charge >= 0.3 is 0 Å². The van der Waals surface area contributed by atoms with E-state index in [1.165, 1.54) is 50.4 Å². The van der Waals surface area contributed by atoms with Crippen LogP contribution < -0.4 is 5.32 Å². The molecule has 4 nitrogen and oxygen atoms in total. The first-order valence-electron chi connectivity index (χ1n) is 7.92. The van der Waals surface area contributed by atoms with Crippen LogP contribution in [0.4, 0.5) is 0 Å². The van der Waals surface area contributed by atoms with Gasteiger partial charge in [-0.05, 0) is 43.1 Å². The molecule has 0 bridgehead atoms. The normalized spacial score (nSPS) is 15.6. The van der Waals surface area contributed by atoms with Gasteiger partial charge in [0.2, 0.25) is 0 Å². The molecule has 3 rings (SSSR count). The van der Waals surface area contributed by atoms with E-state index >= 15 is 0 Å². The number of carbonyl (C=O) groups excluding carboxylic acids is 1. The van der Waals surface area contributed by atoms with Gasteiger partial charge in [-0.25, -0.2) is 0 Å². The molecule has 2 aromatic rings. The SMILES string of the molecule is O=C(NCc1ccc(CN2CCCCC2)cc1)c1ccoc1. The van der Waals surface area contributed by atoms with Crippen LogP contribution in [0.3, 0.4) is 0 Å². The predicted molar refractivity (Wildman–Crippen MR) is 85.4 cm³/mol. The van der Waals surface area contributed by atoms with Crippen molar-refractivity contribution in [3.8, 4) is 0 Å². The Morgan fingerprint density at radius 2 is 1.77 bits per heavy atom. The van der Waals surface area contributed by atoms with Gasteiger partial charge in [0.25, 0.3) is 5.91 Å². The van der Waals surface area contributed by atoms with Crippen molar-refractivity contribution < 1.29 is 9.21 Å². The number of hydrogen-bond acceptors (Lipinski definition) is 3. The molecule has 0 atom stereocenters. The minimum absolute atomic E-state index is 0.105. The summed E-state index contributed by atoms with van der Waals surface area (Å²) in [5.41, 5.74) is 3.01. The molecule has 0 saturated carbocycles. The quantitative estimate of drug-likeness (QED) is 0.922. The Labute approximate surface area is 131 Å². The number of furan rings is 1. The lowest BCUT2D eigenvalue weighted by atomic mass is 10.1. The van der Waals surface area contributed by atoms with Crippen LogP contribution in [-0.4, -0.2) is 23.9 Å². The molecule has 116 valence electrons. The van der Waals surface area contributed by atoms with E-state index < -0.39 is 0 Å². The largest absolute Gasteiger partial charge is 0.472 e. The summed E-state index contributed by atoms with van der Waals surface area (Å²) in [6.07, 6.45) is 6.96. The van der Waals surface area contributed by atoms with Gasteiger partial charge in [0.1, 0.15) is 6.26 Å². The van der Waals surface area contributed by atoms with Crippen LogP contribution in [-0.2, 0) is 13.1 Å². The number of likely N-dealkylation sites (tertiary alicyclic amines) is 1. The highest BCUT2D eigenvalue weighted by atomic mass is 16.3. The number of amides is 1. The van der Waals surface area contributed by atoms with Crippen molar-refractivity contribution in [2.24, 2.45) is 0 Å². The van der Waals surface area contributed by atoms with Gasteiger partial charge in [0, 0.05) is 13.1 Å². The second kappa shape index (κ2) is 7.27. The third kappa shape index (κ3) is 3.98. The second-order valence-corrected chi connectivity index (χ2v) is 5.85. The van der Waals surface area contributed by atoms with E-state index in [9.17, 15) is 4.79 Å². The van der Waals surface area contributed by atoms with E-state index in [1.54, 1.807) is 6.07 Å². The van der Waals surface area contributed by atoms with Gasteiger partial charge in [-0.15, -0.1) is 0 Å². The first-order chi connectivity index (χ1) is 10.8. The molecule has 22 heavy (non-hydrogen) atoms. The van der Waals surface area contributed by atoms with Gasteiger partial charge in [0.05, 0.1) is 11.8 Å². The van der Waals surface area contributed by atoms with Gasteiger partial charge in [-0.1, -0.05) is 30.7 Å². The zero-order valence-corrected chi connectivity index (χ0v) is 12.8. The van der Waals surface area contributed by atoms with E-state index in [2.05, 4.69) is 34.5 Å². The maximum absolute atomic E-state index is 11.8. The van der Waals surface area contributed by atoms with Crippen LogP contribution in [0.2, 0.25) is 0 Å². The van der Waals surface area contributed by atoms with Crippen molar-refractivity contribution >= 4 is 5.91 Å². The molecule has 0 radical (unpaired) electrons. The molecule has 1 aromatic carbocycles. The first kappa shape index (κ1) is 14.9. The Morgan fingerprint density at radius 1 is 1.05 bits per heavy atom. The molecule has 1 aliphatic heterocycles. The number of carbonyl (C=O) groups is 1. The zero-order valence-electron chi connectivity index (χ0n) is 12.8. The van der Waals surface area contributed by atoms with Crippen molar-refractivity contribution in [1.29, 1.82) is 0 Å². The van der Waals surface area contributed by atoms with Gasteiger partial charge in [-0.3, -0.25) is 9.69 Å². The van der Waals surface area contributed by atoms with E-state index in [4.69, 9.17) is 4.42 Å². The summed E-state index contributed by atoms with van der Waals surface area (Å²) in [6.45, 7) is 3.99. The van der Waals surface area contributed by atoms with Gasteiger partial charge in [-0.2, -0.15) is 0 Å². The van der Waals surface area contributed by atoms with Crippen LogP contribution in [0.25, 0.3) is 0 Å². The molecule has 1 amide bonds. The summed E-state index contributed by atoms with van der Waals surface area (Å²) in [6, 6.07) is 10.2. The molecule has 1 fully saturated rings. The fourth-order valence-corrected chi connectivity index (χ4v) is 2.82. The monoisotopic (exact) mass is 298 g/mol. The Bertz CT molecular complexity index is 584. The molecule has 0 aliphatic carbocycles. The summed E-state index contributed by atoms with van der Waals surface area (Å²) >= 11 is 0. The first-order valence-corrected chi connectivity index (χ1v) is 7.92. The lowest BCUT2D eigenvalue weighted by Crippen LogP contribution is -2.29. The molecule has 1 aromatic heterocycles. The summed E-state index contributed by atoms with van der Waals surface area (Å²) in [5, 5.41) is 2.89. The second-order valence-electron chi connectivity index (χ2n) is 5.85. The van der Waals surface area contributed by atoms with Crippen molar-refractivity contribution in [2.45, 2.75) is 32.4 Å². The van der Waals surface area contributed by atoms with Crippen LogP contribution >= 0.6 is 0 Å². The third-order valence-corrected chi connectivity index (χ3v) is 4.11. The lowest BCUT2D eigenvalue weighted by Gasteiger charge is -2.26. The Kier molecular flexibility index (Phi) is 4.91. The predicted octanol–water partition coefficient (Wildman–Crippen LogP) is 3.20. The highest BCUT2D eigenvalue weighted by Gasteiger charge is 2.10. The summed E-state index contributed by atoms with van der Waals surface area (Å²) in [4.78, 5) is 14.3. The zero-order chi connectivity index (χ0) is 15.2. The Morgan fingerprint density at radius 3 is 2.45 bits per heavy atom. The van der Waals surface area contributed by atoms with Crippen LogP contribution in [0.5, 0.6) is 0 Å². The molecule has 1 N–H and O–H groups in total. The third-order valence-electron chi connectivity index (χ3n) is 4.11. The topological polar surface area (TPSA) is 45.5 Å². The molecule has 2 heterocycles. The van der Waals surface area contributed by atoms with Crippen LogP contribution in [0, 0.1) is 0 Å². The Balaban J connectivity index is 1.49. The van der Waals surface area contributed by atoms with Crippen molar-refractivity contribution in [3.63, 3.8) is 0 Å². The number of rotatable bonds is 5. The summed E-state index contributed by atoms with van der Waals surface area (Å²) in [7, 11) is 0. The minimum Gasteiger partial charge on any atom is -0.472 e. The molecule has 1 saturated heterocycles. The van der Waals surface area contributed by atoms with E-state index in [0.717, 1.165) is 12.1 Å². The maximum Gasteiger partial charge on any atom is 0.254 e. The fourth-order valence-electron chi connectivity index (χ4n) is 2.82. The smallest absolute Gasteiger partial charge is 0.254 e. The van der Waals surface area contributed by atoms with Gasteiger partial charge < -0.3 is 9.73 Å². The molecule has 4 heteroatoms. The molecular formula is C18H22N2O2. The highest BCUT2D eigenvalue weighted by Crippen LogP contribution is 2.13. The Hall–Kier alpha value is -2.07. The fraction of sp³-hybridized carbons (Fsp3) is 0.389. The molecule has 0 spiro atoms. The van der Waals surface area contributed by atoms with E-state index in [1.807, 2.05) is 0 Å². The average molecular weight is 298 g/mol. The van der Waals surface area contributed by atoms with Crippen molar-refractivity contribution in [3.05, 3.63) is 59.5 Å². The van der Waals surface area contributed by atoms with E-state index in [0.29, 0.717) is 12.1 Å². The molecule has 0 unspecified atom stereocenters. The standard InChI is InChI=1S/C18H22N2O2/c21-18(17-8-11-22-14-17)19-12-15-4-6-16(7-5-15)13-20-9-2-1-3-10-20/h4-8,11,14H,1-3,9-10,12-13H2,(H,19,21). The highest BCUT2D eigenvalue weighted by molar-refractivity contribution is 5.93. The number of nitrogens with zero attached hydrogens (tertiary/aromatic N) is 1. The average Bonchev–Trinajstić information content (AvgIpc) is 3.09. The van der Waals surface area contributed by atoms with Crippen LogP contribution in [0.15, 0.2) is 47.3 Å². The van der Waals surface area contributed by atoms with Crippen molar-refractivity contribution in [1.82, 2.24) is 10.2 Å². The summed E-state index contributed by atoms with van der Waals surface area (Å²) < 4.78 is 4.91. The number of hydrogen-bond donors (Lipinski definition) is 1. The summed E-state index contributed by atoms with van der Waals surface area (Å²) in [5.74, 6) is -0.105.